The summed E-state index contributed by atoms with van der Waals surface area (Å²) in [7, 11) is 0. The van der Waals surface area contributed by atoms with Gasteiger partial charge < -0.3 is 5.32 Å². The lowest BCUT2D eigenvalue weighted by Crippen LogP contribution is -2.45. The molecule has 4 nitrogen and oxygen atoms in total. The Morgan fingerprint density at radius 2 is 1.64 bits per heavy atom. The Morgan fingerprint density at radius 3 is 2.40 bits per heavy atom. The van der Waals surface area contributed by atoms with Gasteiger partial charge in [0, 0.05) is 6.20 Å². The van der Waals surface area contributed by atoms with Gasteiger partial charge in [-0.3, -0.25) is 9.69 Å². The molecule has 0 radical (unpaired) electrons. The Morgan fingerprint density at radius 1 is 0.920 bits per heavy atom. The Labute approximate surface area is 147 Å². The van der Waals surface area contributed by atoms with Crippen LogP contribution in [0.25, 0.3) is 0 Å². The molecule has 0 fully saturated rings. The van der Waals surface area contributed by atoms with Crippen LogP contribution in [0.1, 0.15) is 12.0 Å². The average molecular weight is 329 g/mol. The molecule has 1 aromatic heterocycles. The van der Waals surface area contributed by atoms with Gasteiger partial charge in [-0.1, -0.05) is 48.5 Å². The molecule has 1 N–H and O–H groups in total. The monoisotopic (exact) mass is 329 g/mol. The van der Waals surface area contributed by atoms with Crippen molar-refractivity contribution in [3.05, 3.63) is 84.6 Å². The topological polar surface area (TPSA) is 45.2 Å². The number of hydrogen-bond donors (Lipinski definition) is 1. The van der Waals surface area contributed by atoms with E-state index in [1.807, 2.05) is 60.7 Å². The lowest BCUT2D eigenvalue weighted by Gasteiger charge is -2.34. The van der Waals surface area contributed by atoms with E-state index in [1.54, 1.807) is 11.1 Å². The van der Waals surface area contributed by atoms with Crippen LogP contribution in [0.5, 0.6) is 0 Å². The molecular formula is C21H19N3O. The van der Waals surface area contributed by atoms with E-state index in [2.05, 4.69) is 22.4 Å². The van der Waals surface area contributed by atoms with Gasteiger partial charge >= 0.3 is 0 Å². The molecule has 4 rings (SSSR count). The van der Waals surface area contributed by atoms with Gasteiger partial charge in [0.05, 0.1) is 11.4 Å². The second-order valence-corrected chi connectivity index (χ2v) is 6.10. The van der Waals surface area contributed by atoms with Gasteiger partial charge in [0.2, 0.25) is 0 Å². The second-order valence-electron chi connectivity index (χ2n) is 6.10. The number of fused-ring (bicyclic) bond motifs is 1. The molecule has 1 aliphatic rings. The lowest BCUT2D eigenvalue weighted by atomic mass is 10.0. The van der Waals surface area contributed by atoms with Crippen molar-refractivity contribution in [1.82, 2.24) is 4.98 Å². The first-order valence-electron chi connectivity index (χ1n) is 8.47. The molecule has 1 amide bonds. The van der Waals surface area contributed by atoms with E-state index in [0.29, 0.717) is 5.82 Å². The first-order valence-corrected chi connectivity index (χ1v) is 8.47. The fourth-order valence-electron chi connectivity index (χ4n) is 3.18. The van der Waals surface area contributed by atoms with E-state index in [1.165, 1.54) is 5.56 Å². The molecular weight excluding hydrogens is 310 g/mol. The number of aromatic nitrogens is 1. The molecule has 0 saturated heterocycles. The molecule has 2 heterocycles. The van der Waals surface area contributed by atoms with Crippen molar-refractivity contribution in [2.24, 2.45) is 0 Å². The number of amides is 1. The quantitative estimate of drug-likeness (QED) is 0.781. The van der Waals surface area contributed by atoms with Crippen molar-refractivity contribution in [2.45, 2.75) is 18.9 Å². The highest BCUT2D eigenvalue weighted by Crippen LogP contribution is 2.35. The summed E-state index contributed by atoms with van der Waals surface area (Å²) in [4.78, 5) is 19.3. The van der Waals surface area contributed by atoms with E-state index >= 15 is 0 Å². The van der Waals surface area contributed by atoms with Crippen molar-refractivity contribution in [2.75, 3.05) is 10.2 Å². The smallest absolute Gasteiger partial charge is 0.255 e. The first kappa shape index (κ1) is 15.4. The maximum atomic E-state index is 13.1. The summed E-state index contributed by atoms with van der Waals surface area (Å²) in [5, 5.41) is 3.36. The van der Waals surface area contributed by atoms with Crippen LogP contribution in [0.4, 0.5) is 17.2 Å². The molecule has 1 unspecified atom stereocenters. The van der Waals surface area contributed by atoms with Crippen LogP contribution in [0.15, 0.2) is 79.0 Å². The summed E-state index contributed by atoms with van der Waals surface area (Å²) < 4.78 is 0. The zero-order valence-electron chi connectivity index (χ0n) is 13.8. The number of nitrogens with zero attached hydrogens (tertiary/aromatic N) is 2. The van der Waals surface area contributed by atoms with Gasteiger partial charge in [-0.05, 0) is 42.7 Å². The minimum absolute atomic E-state index is 0.0355. The van der Waals surface area contributed by atoms with Crippen LogP contribution in [-0.4, -0.2) is 16.9 Å². The summed E-state index contributed by atoms with van der Waals surface area (Å²) in [5.74, 6) is 0.697. The third kappa shape index (κ3) is 3.11. The van der Waals surface area contributed by atoms with E-state index in [0.717, 1.165) is 24.2 Å². The molecule has 0 aliphatic carbocycles. The average Bonchev–Trinajstić information content (AvgIpc) is 2.68. The molecule has 1 atom stereocenters. The molecule has 0 bridgehead atoms. The number of anilines is 3. The molecule has 2 aromatic carbocycles. The number of carbonyl (C=O) groups excluding carboxylic acids is 1. The van der Waals surface area contributed by atoms with Crippen LogP contribution >= 0.6 is 0 Å². The zero-order chi connectivity index (χ0) is 17.1. The maximum absolute atomic E-state index is 13.1. The second kappa shape index (κ2) is 6.77. The molecule has 4 heteroatoms. The SMILES string of the molecule is O=C1C(CCc2ccccc2)Nc2cccnc2N1c1ccccc1. The Bertz CT molecular complexity index is 865. The van der Waals surface area contributed by atoms with E-state index < -0.39 is 0 Å². The third-order valence-corrected chi connectivity index (χ3v) is 4.43. The number of para-hydroxylation sites is 1. The molecule has 124 valence electrons. The fourth-order valence-corrected chi connectivity index (χ4v) is 3.18. The largest absolute Gasteiger partial charge is 0.371 e. The fraction of sp³-hybridized carbons (Fsp3) is 0.143. The van der Waals surface area contributed by atoms with Crippen molar-refractivity contribution < 1.29 is 4.79 Å². The number of benzene rings is 2. The van der Waals surface area contributed by atoms with E-state index in [9.17, 15) is 4.79 Å². The summed E-state index contributed by atoms with van der Waals surface area (Å²) in [6.45, 7) is 0. The predicted molar refractivity (Wildman–Crippen MR) is 100.0 cm³/mol. The molecule has 25 heavy (non-hydrogen) atoms. The highest BCUT2D eigenvalue weighted by Gasteiger charge is 2.33. The minimum Gasteiger partial charge on any atom is -0.371 e. The van der Waals surface area contributed by atoms with Crippen LogP contribution in [-0.2, 0) is 11.2 Å². The van der Waals surface area contributed by atoms with Crippen molar-refractivity contribution in [3.63, 3.8) is 0 Å². The van der Waals surface area contributed by atoms with Crippen LogP contribution in [0.3, 0.4) is 0 Å². The number of aryl methyl sites for hydroxylation is 1. The van der Waals surface area contributed by atoms with Gasteiger partial charge in [-0.15, -0.1) is 0 Å². The summed E-state index contributed by atoms with van der Waals surface area (Å²) >= 11 is 0. The van der Waals surface area contributed by atoms with Crippen molar-refractivity contribution in [3.8, 4) is 0 Å². The van der Waals surface area contributed by atoms with Gasteiger partial charge in [0.1, 0.15) is 6.04 Å². The lowest BCUT2D eigenvalue weighted by molar-refractivity contribution is -0.119. The van der Waals surface area contributed by atoms with Crippen LogP contribution < -0.4 is 10.2 Å². The molecule has 0 spiro atoms. The van der Waals surface area contributed by atoms with Gasteiger partial charge in [0.25, 0.3) is 5.91 Å². The zero-order valence-corrected chi connectivity index (χ0v) is 13.8. The number of hydrogen-bond acceptors (Lipinski definition) is 3. The standard InChI is InChI=1S/C21H19N3O/c25-21-19(14-13-16-8-3-1-4-9-16)23-18-12-7-15-22-20(18)24(21)17-10-5-2-6-11-17/h1-12,15,19,23H,13-14H2. The van der Waals surface area contributed by atoms with Gasteiger partial charge in [-0.25, -0.2) is 4.98 Å². The number of carbonyl (C=O) groups is 1. The predicted octanol–water partition coefficient (Wildman–Crippen LogP) is 4.17. The maximum Gasteiger partial charge on any atom is 0.255 e. The number of nitrogens with one attached hydrogen (secondary N) is 1. The minimum atomic E-state index is -0.267. The number of pyridine rings is 1. The normalized spacial score (nSPS) is 16.2. The van der Waals surface area contributed by atoms with Crippen LogP contribution in [0.2, 0.25) is 0 Å². The highest BCUT2D eigenvalue weighted by atomic mass is 16.2. The van der Waals surface area contributed by atoms with Gasteiger partial charge in [-0.2, -0.15) is 0 Å². The molecule has 1 aliphatic heterocycles. The first-order chi connectivity index (χ1) is 12.3. The third-order valence-electron chi connectivity index (χ3n) is 4.43. The summed E-state index contributed by atoms with van der Waals surface area (Å²) in [5.41, 5.74) is 2.98. The molecule has 3 aromatic rings. The van der Waals surface area contributed by atoms with Gasteiger partial charge in [0.15, 0.2) is 5.82 Å². The van der Waals surface area contributed by atoms with Crippen molar-refractivity contribution in [1.29, 1.82) is 0 Å². The summed E-state index contributed by atoms with van der Waals surface area (Å²) in [6, 6.07) is 23.5. The Hall–Kier alpha value is -3.14. The Balaban J connectivity index is 1.64. The summed E-state index contributed by atoms with van der Waals surface area (Å²) in [6.07, 6.45) is 3.30. The number of rotatable bonds is 4. The Kier molecular flexibility index (Phi) is 4.17. The molecule has 0 saturated carbocycles. The van der Waals surface area contributed by atoms with Crippen LogP contribution in [0, 0.1) is 0 Å². The van der Waals surface area contributed by atoms with Crippen molar-refractivity contribution >= 4 is 23.1 Å². The van der Waals surface area contributed by atoms with E-state index in [4.69, 9.17) is 0 Å². The highest BCUT2D eigenvalue weighted by molar-refractivity contribution is 6.09. The van der Waals surface area contributed by atoms with E-state index in [-0.39, 0.29) is 11.9 Å².